The van der Waals surface area contributed by atoms with E-state index in [4.69, 9.17) is 18.9 Å². The van der Waals surface area contributed by atoms with Crippen LogP contribution in [0.3, 0.4) is 0 Å². The minimum atomic E-state index is -0.862. The van der Waals surface area contributed by atoms with Crippen molar-refractivity contribution in [2.75, 3.05) is 20.3 Å². The van der Waals surface area contributed by atoms with E-state index in [1.54, 1.807) is 55.6 Å². The number of ether oxygens (including phenoxy) is 4. The molecule has 1 aliphatic rings. The number of rotatable bonds is 11. The van der Waals surface area contributed by atoms with Crippen LogP contribution in [0.1, 0.15) is 50.4 Å². The summed E-state index contributed by atoms with van der Waals surface area (Å²) in [5.74, 6) is 0.345. The van der Waals surface area contributed by atoms with Crippen LogP contribution in [0.25, 0.3) is 5.76 Å². The molecule has 1 aliphatic heterocycles. The Balaban J connectivity index is 1.87. The van der Waals surface area contributed by atoms with E-state index >= 15 is 0 Å². The van der Waals surface area contributed by atoms with E-state index in [-0.39, 0.29) is 24.0 Å². The normalized spacial score (nSPS) is 16.4. The van der Waals surface area contributed by atoms with Crippen molar-refractivity contribution in [2.45, 2.75) is 46.4 Å². The van der Waals surface area contributed by atoms with Gasteiger partial charge in [0.2, 0.25) is 0 Å². The Morgan fingerprint density at radius 2 is 1.57 bits per heavy atom. The number of Topliss-reactive ketones (excluding diaryl/α,β-unsaturated/α-hetero) is 1. The largest absolute Gasteiger partial charge is 0.507 e. The lowest BCUT2D eigenvalue weighted by atomic mass is 9.94. The Kier molecular flexibility index (Phi) is 8.99. The average molecular weight is 546 g/mol. The molecule has 0 bridgehead atoms. The van der Waals surface area contributed by atoms with Gasteiger partial charge in [-0.2, -0.15) is 0 Å². The maximum absolute atomic E-state index is 13.6. The van der Waals surface area contributed by atoms with Crippen LogP contribution in [-0.4, -0.2) is 48.1 Å². The van der Waals surface area contributed by atoms with Crippen LogP contribution >= 0.6 is 0 Å². The van der Waals surface area contributed by atoms with Crippen LogP contribution in [0.5, 0.6) is 23.0 Å². The molecule has 8 nitrogen and oxygen atoms in total. The first kappa shape index (κ1) is 28.5. The minimum absolute atomic E-state index is 0.0151. The SMILES string of the molecule is CCOc1ccc(/C(O)=C2/C(=O)C(=O)N(Cc3ccccc3OC)C2c2ccc(OC(C)C)cc2)c(OCC)c1. The second-order valence-electron chi connectivity index (χ2n) is 9.50. The number of aliphatic hydroxyl groups excluding tert-OH is 1. The number of carbonyl (C=O) groups is 2. The summed E-state index contributed by atoms with van der Waals surface area (Å²) >= 11 is 0. The monoisotopic (exact) mass is 545 g/mol. The van der Waals surface area contributed by atoms with Crippen LogP contribution in [0.4, 0.5) is 0 Å². The lowest BCUT2D eigenvalue weighted by molar-refractivity contribution is -0.140. The fraction of sp³-hybridized carbons (Fsp3) is 0.312. The Morgan fingerprint density at radius 1 is 0.900 bits per heavy atom. The highest BCUT2D eigenvalue weighted by molar-refractivity contribution is 6.46. The smallest absolute Gasteiger partial charge is 0.295 e. The Hall–Kier alpha value is -4.46. The molecule has 1 N–H and O–H groups in total. The number of hydrogen-bond donors (Lipinski definition) is 1. The highest BCUT2D eigenvalue weighted by Crippen LogP contribution is 2.43. The van der Waals surface area contributed by atoms with Gasteiger partial charge in [-0.15, -0.1) is 0 Å². The molecule has 1 heterocycles. The highest BCUT2D eigenvalue weighted by atomic mass is 16.5. The summed E-state index contributed by atoms with van der Waals surface area (Å²) in [6.07, 6.45) is -0.0151. The van der Waals surface area contributed by atoms with E-state index in [0.717, 1.165) is 5.56 Å². The van der Waals surface area contributed by atoms with Gasteiger partial charge in [0.1, 0.15) is 28.8 Å². The summed E-state index contributed by atoms with van der Waals surface area (Å²) in [4.78, 5) is 28.6. The maximum atomic E-state index is 13.6. The van der Waals surface area contributed by atoms with E-state index in [0.29, 0.717) is 47.3 Å². The summed E-state index contributed by atoms with van der Waals surface area (Å²) < 4.78 is 22.7. The molecule has 1 atom stereocenters. The Labute approximate surface area is 234 Å². The van der Waals surface area contributed by atoms with Gasteiger partial charge >= 0.3 is 0 Å². The van der Waals surface area contributed by atoms with Crippen LogP contribution in [0, 0.1) is 0 Å². The number of likely N-dealkylation sites (tertiary alicyclic amines) is 1. The fourth-order valence-corrected chi connectivity index (χ4v) is 4.78. The first-order chi connectivity index (χ1) is 19.3. The zero-order valence-corrected chi connectivity index (χ0v) is 23.5. The molecule has 0 aromatic heterocycles. The summed E-state index contributed by atoms with van der Waals surface area (Å²) in [6, 6.07) is 18.6. The van der Waals surface area contributed by atoms with E-state index in [1.165, 1.54) is 4.90 Å². The zero-order valence-electron chi connectivity index (χ0n) is 23.5. The molecule has 0 spiro atoms. The van der Waals surface area contributed by atoms with E-state index < -0.39 is 17.7 Å². The molecule has 1 saturated heterocycles. The first-order valence-electron chi connectivity index (χ1n) is 13.4. The van der Waals surface area contributed by atoms with E-state index in [2.05, 4.69) is 0 Å². The van der Waals surface area contributed by atoms with E-state index in [1.807, 2.05) is 45.9 Å². The molecule has 4 rings (SSSR count). The molecule has 40 heavy (non-hydrogen) atoms. The van der Waals surface area contributed by atoms with Gasteiger partial charge in [0, 0.05) is 11.6 Å². The van der Waals surface area contributed by atoms with Crippen LogP contribution in [0.2, 0.25) is 0 Å². The maximum Gasteiger partial charge on any atom is 0.295 e. The molecule has 210 valence electrons. The van der Waals surface area contributed by atoms with Crippen LogP contribution in [0.15, 0.2) is 72.3 Å². The number of carbonyl (C=O) groups excluding carboxylic acids is 2. The summed E-state index contributed by atoms with van der Waals surface area (Å²) in [5, 5.41) is 11.6. The summed E-state index contributed by atoms with van der Waals surface area (Å²) in [7, 11) is 1.55. The van der Waals surface area contributed by atoms with Gasteiger partial charge in [0.25, 0.3) is 11.7 Å². The number of benzene rings is 3. The second-order valence-corrected chi connectivity index (χ2v) is 9.50. The topological polar surface area (TPSA) is 94.5 Å². The van der Waals surface area contributed by atoms with Gasteiger partial charge in [0.05, 0.1) is 50.2 Å². The van der Waals surface area contributed by atoms with Crippen molar-refractivity contribution in [3.05, 3.63) is 89.0 Å². The van der Waals surface area contributed by atoms with Crippen molar-refractivity contribution >= 4 is 17.4 Å². The first-order valence-corrected chi connectivity index (χ1v) is 13.4. The lowest BCUT2D eigenvalue weighted by Crippen LogP contribution is -2.29. The molecule has 1 fully saturated rings. The number of amides is 1. The van der Waals surface area contributed by atoms with Gasteiger partial charge < -0.3 is 29.0 Å². The molecule has 0 radical (unpaired) electrons. The van der Waals surface area contributed by atoms with Gasteiger partial charge in [-0.05, 0) is 63.6 Å². The van der Waals surface area contributed by atoms with Crippen LogP contribution in [-0.2, 0) is 16.1 Å². The molecule has 3 aromatic carbocycles. The molecular weight excluding hydrogens is 510 g/mol. The molecule has 0 aliphatic carbocycles. The van der Waals surface area contributed by atoms with Crippen molar-refractivity contribution in [1.29, 1.82) is 0 Å². The zero-order chi connectivity index (χ0) is 28.8. The highest BCUT2D eigenvalue weighted by Gasteiger charge is 2.46. The average Bonchev–Trinajstić information content (AvgIpc) is 3.18. The van der Waals surface area contributed by atoms with Crippen molar-refractivity contribution in [3.8, 4) is 23.0 Å². The molecule has 0 saturated carbocycles. The predicted molar refractivity (Wildman–Crippen MR) is 152 cm³/mol. The van der Waals surface area contributed by atoms with Crippen molar-refractivity contribution in [2.24, 2.45) is 0 Å². The number of hydrogen-bond acceptors (Lipinski definition) is 7. The van der Waals surface area contributed by atoms with Gasteiger partial charge in [0.15, 0.2) is 0 Å². The standard InChI is InChI=1S/C32H35NO7/c1-6-38-24-16-17-25(27(18-24)39-7-2)30(34)28-29(21-12-14-23(15-13-21)40-20(3)4)33(32(36)31(28)35)19-22-10-8-9-11-26(22)37-5/h8-18,20,29,34H,6-7,19H2,1-5H3/b30-28-. The van der Waals surface area contributed by atoms with Gasteiger partial charge in [-0.1, -0.05) is 30.3 Å². The summed E-state index contributed by atoms with van der Waals surface area (Å²) in [6.45, 7) is 8.45. The van der Waals surface area contributed by atoms with E-state index in [9.17, 15) is 14.7 Å². The third kappa shape index (κ3) is 5.91. The minimum Gasteiger partial charge on any atom is -0.507 e. The molecular formula is C32H35NO7. The van der Waals surface area contributed by atoms with Crippen LogP contribution < -0.4 is 18.9 Å². The van der Waals surface area contributed by atoms with Crippen molar-refractivity contribution < 1.29 is 33.6 Å². The number of aliphatic hydroxyl groups is 1. The lowest BCUT2D eigenvalue weighted by Gasteiger charge is -2.26. The summed E-state index contributed by atoms with van der Waals surface area (Å²) in [5.41, 5.74) is 1.65. The quantitative estimate of drug-likeness (QED) is 0.182. The predicted octanol–water partition coefficient (Wildman–Crippen LogP) is 5.90. The molecule has 8 heteroatoms. The Morgan fingerprint density at radius 3 is 2.23 bits per heavy atom. The third-order valence-corrected chi connectivity index (χ3v) is 6.46. The Bertz CT molecular complexity index is 1390. The third-order valence-electron chi connectivity index (χ3n) is 6.46. The second kappa shape index (κ2) is 12.6. The van der Waals surface area contributed by atoms with Gasteiger partial charge in [-0.25, -0.2) is 0 Å². The number of nitrogens with zero attached hydrogens (tertiary/aromatic N) is 1. The molecule has 1 amide bonds. The van der Waals surface area contributed by atoms with Crippen molar-refractivity contribution in [3.63, 3.8) is 0 Å². The fourth-order valence-electron chi connectivity index (χ4n) is 4.78. The number of ketones is 1. The molecule has 3 aromatic rings. The number of para-hydroxylation sites is 1. The number of methoxy groups -OCH3 is 1. The van der Waals surface area contributed by atoms with Gasteiger partial charge in [-0.3, -0.25) is 9.59 Å². The molecule has 1 unspecified atom stereocenters. The van der Waals surface area contributed by atoms with Crippen molar-refractivity contribution in [1.82, 2.24) is 4.90 Å².